The Balaban J connectivity index is 0.00000118. The van der Waals surface area contributed by atoms with Crippen molar-refractivity contribution < 1.29 is 14.4 Å². The predicted molar refractivity (Wildman–Crippen MR) is 169 cm³/mol. The molecule has 2 fully saturated rings. The number of amides is 2. The number of likely N-dealkylation sites (N-methyl/N-ethyl adjacent to an activating group) is 1. The maximum Gasteiger partial charge on any atom is 0.255 e. The largest absolute Gasteiger partial charge is 0.353 e. The normalized spacial score (nSPS) is 20.8. The van der Waals surface area contributed by atoms with Gasteiger partial charge in [0.2, 0.25) is 5.91 Å². The molecule has 2 aliphatic heterocycles. The molecule has 1 aromatic heterocycles. The topological polar surface area (TPSA) is 85.8 Å². The second-order valence-electron chi connectivity index (χ2n) is 11.7. The van der Waals surface area contributed by atoms with Gasteiger partial charge in [0.1, 0.15) is 12.1 Å². The fraction of sp³-hybridized carbons (Fsp3) is 0.429. The van der Waals surface area contributed by atoms with E-state index in [-0.39, 0.29) is 23.8 Å². The first-order valence-electron chi connectivity index (χ1n) is 15.5. The minimum Gasteiger partial charge on any atom is -0.353 e. The molecule has 43 heavy (non-hydrogen) atoms. The monoisotopic (exact) mass is 581 g/mol. The molecule has 3 aromatic rings. The Morgan fingerprint density at radius 3 is 2.16 bits per heavy atom. The molecule has 0 spiro atoms. The van der Waals surface area contributed by atoms with Gasteiger partial charge in [0.15, 0.2) is 0 Å². The molecule has 8 heteroatoms. The molecule has 0 saturated carbocycles. The van der Waals surface area contributed by atoms with Gasteiger partial charge in [0.25, 0.3) is 5.91 Å². The quantitative estimate of drug-likeness (QED) is 0.448. The van der Waals surface area contributed by atoms with Crippen LogP contribution >= 0.6 is 0 Å². The van der Waals surface area contributed by atoms with Crippen molar-refractivity contribution in [2.24, 2.45) is 0 Å². The second-order valence-corrected chi connectivity index (χ2v) is 11.7. The summed E-state index contributed by atoms with van der Waals surface area (Å²) in [6.45, 7) is 6.44. The van der Waals surface area contributed by atoms with E-state index in [4.69, 9.17) is 4.79 Å². The first-order valence-corrected chi connectivity index (χ1v) is 15.5. The van der Waals surface area contributed by atoms with Gasteiger partial charge in [-0.15, -0.1) is 0 Å². The first-order chi connectivity index (χ1) is 21.0. The summed E-state index contributed by atoms with van der Waals surface area (Å²) < 4.78 is 0. The van der Waals surface area contributed by atoms with Gasteiger partial charge < -0.3 is 24.8 Å². The maximum absolute atomic E-state index is 13.8. The van der Waals surface area contributed by atoms with Crippen molar-refractivity contribution in [2.75, 3.05) is 51.2 Å². The lowest BCUT2D eigenvalue weighted by molar-refractivity contribution is -0.134. The molecule has 1 unspecified atom stereocenters. The second kappa shape index (κ2) is 14.4. The highest BCUT2D eigenvalue weighted by molar-refractivity contribution is 5.99. The summed E-state index contributed by atoms with van der Waals surface area (Å²) in [4.78, 5) is 47.0. The molecule has 0 bridgehead atoms. The molecular formula is C35H43N5O3. The molecule has 226 valence electrons. The van der Waals surface area contributed by atoms with E-state index in [9.17, 15) is 9.59 Å². The number of piperazine rings is 1. The third-order valence-corrected chi connectivity index (χ3v) is 8.97. The number of nitrogens with zero attached hydrogens (tertiary/aromatic N) is 4. The average molecular weight is 582 g/mol. The lowest BCUT2D eigenvalue weighted by atomic mass is 9.73. The molecule has 3 heterocycles. The fourth-order valence-electron chi connectivity index (χ4n) is 6.65. The SMILES string of the molecule is CC=O.CN1CCN(c2ncccc2C(=O)NC2CCN(C(=O)[C@H]3CCC(c4ccccc4)c4ccccc43)CC2)CC1. The number of hydrogen-bond donors (Lipinski definition) is 1. The van der Waals surface area contributed by atoms with E-state index < -0.39 is 0 Å². The molecule has 8 nitrogen and oxygen atoms in total. The standard InChI is InChI=1S/C33H39N5O2.C2H4O/c1-36-20-22-37(23-21-36)31-30(12-7-17-34-31)32(39)35-25-15-18-38(19-16-25)33(40)29-14-13-26(24-8-3-2-4-9-24)27-10-5-6-11-28(27)29;1-2-3/h2-12,17,25-26,29H,13-16,18-23H2,1H3,(H,35,39);2H,1H3/t26?,29-;/m0./s1. The van der Waals surface area contributed by atoms with E-state index in [1.54, 1.807) is 6.20 Å². The van der Waals surface area contributed by atoms with E-state index in [0.717, 1.165) is 64.0 Å². The summed E-state index contributed by atoms with van der Waals surface area (Å²) in [5.41, 5.74) is 4.42. The number of carbonyl (C=O) groups excluding carboxylic acids is 3. The number of benzene rings is 2. The van der Waals surface area contributed by atoms with Crippen LogP contribution in [-0.2, 0) is 9.59 Å². The minimum atomic E-state index is -0.0937. The third kappa shape index (κ3) is 7.13. The number of aromatic nitrogens is 1. The Morgan fingerprint density at radius 1 is 0.814 bits per heavy atom. The first kappa shape index (κ1) is 30.4. The lowest BCUT2D eigenvalue weighted by Gasteiger charge is -2.38. The maximum atomic E-state index is 13.8. The predicted octanol–water partition coefficient (Wildman–Crippen LogP) is 4.47. The number of hydrogen-bond acceptors (Lipinski definition) is 6. The zero-order chi connectivity index (χ0) is 30.2. The summed E-state index contributed by atoms with van der Waals surface area (Å²) >= 11 is 0. The van der Waals surface area contributed by atoms with Crippen molar-refractivity contribution in [3.8, 4) is 0 Å². The van der Waals surface area contributed by atoms with Crippen molar-refractivity contribution >= 4 is 23.9 Å². The van der Waals surface area contributed by atoms with Crippen LogP contribution in [0, 0.1) is 0 Å². The molecule has 2 aromatic carbocycles. The van der Waals surface area contributed by atoms with Gasteiger partial charge in [0, 0.05) is 57.4 Å². The Kier molecular flexibility index (Phi) is 10.2. The van der Waals surface area contributed by atoms with Gasteiger partial charge >= 0.3 is 0 Å². The number of piperidine rings is 1. The van der Waals surface area contributed by atoms with Gasteiger partial charge in [-0.1, -0.05) is 54.6 Å². The van der Waals surface area contributed by atoms with Gasteiger partial charge in [-0.3, -0.25) is 9.59 Å². The Labute approximate surface area is 255 Å². The van der Waals surface area contributed by atoms with Crippen molar-refractivity contribution in [1.82, 2.24) is 20.1 Å². The van der Waals surface area contributed by atoms with Crippen LogP contribution in [0.3, 0.4) is 0 Å². The summed E-state index contributed by atoms with van der Waals surface area (Å²) in [5, 5.41) is 3.25. The Hall–Kier alpha value is -4.04. The van der Waals surface area contributed by atoms with Crippen LogP contribution < -0.4 is 10.2 Å². The summed E-state index contributed by atoms with van der Waals surface area (Å²) in [5.74, 6) is 1.17. The molecule has 1 N–H and O–H groups in total. The van der Waals surface area contributed by atoms with Crippen molar-refractivity contribution in [2.45, 2.75) is 50.5 Å². The third-order valence-electron chi connectivity index (χ3n) is 8.97. The molecule has 0 radical (unpaired) electrons. The van der Waals surface area contributed by atoms with Crippen LogP contribution in [0.1, 0.15) is 71.5 Å². The molecule has 3 aliphatic rings. The Bertz CT molecular complexity index is 1380. The minimum absolute atomic E-state index is 0.0539. The number of aldehydes is 1. The number of carbonyl (C=O) groups is 3. The lowest BCUT2D eigenvalue weighted by Crippen LogP contribution is -2.48. The van der Waals surface area contributed by atoms with E-state index >= 15 is 0 Å². The average Bonchev–Trinajstić information content (AvgIpc) is 3.05. The van der Waals surface area contributed by atoms with Crippen molar-refractivity contribution in [1.29, 1.82) is 0 Å². The number of nitrogens with one attached hydrogen (secondary N) is 1. The van der Waals surface area contributed by atoms with Gasteiger partial charge in [-0.2, -0.15) is 0 Å². The number of anilines is 1. The number of rotatable bonds is 5. The molecule has 2 atom stereocenters. The van der Waals surface area contributed by atoms with Crippen LogP contribution in [0.15, 0.2) is 72.9 Å². The van der Waals surface area contributed by atoms with Crippen LogP contribution in [0.4, 0.5) is 5.82 Å². The van der Waals surface area contributed by atoms with E-state index in [1.807, 2.05) is 17.0 Å². The van der Waals surface area contributed by atoms with Crippen LogP contribution in [0.2, 0.25) is 0 Å². The summed E-state index contributed by atoms with van der Waals surface area (Å²) in [6.07, 6.45) is 5.89. The van der Waals surface area contributed by atoms with Crippen LogP contribution in [0.5, 0.6) is 0 Å². The molecule has 1 aliphatic carbocycles. The molecule has 6 rings (SSSR count). The molecule has 2 amide bonds. The molecular weight excluding hydrogens is 538 g/mol. The zero-order valence-corrected chi connectivity index (χ0v) is 25.3. The zero-order valence-electron chi connectivity index (χ0n) is 25.3. The molecule has 2 saturated heterocycles. The smallest absolute Gasteiger partial charge is 0.255 e. The highest BCUT2D eigenvalue weighted by Gasteiger charge is 2.35. The van der Waals surface area contributed by atoms with Crippen LogP contribution in [-0.4, -0.2) is 85.2 Å². The summed E-state index contributed by atoms with van der Waals surface area (Å²) in [6, 6.07) is 22.9. The van der Waals surface area contributed by atoms with E-state index in [2.05, 4.69) is 81.7 Å². The van der Waals surface area contributed by atoms with E-state index in [0.29, 0.717) is 24.6 Å². The number of fused-ring (bicyclic) bond motifs is 1. The Morgan fingerprint density at radius 2 is 1.47 bits per heavy atom. The van der Waals surface area contributed by atoms with Gasteiger partial charge in [0.05, 0.1) is 11.5 Å². The van der Waals surface area contributed by atoms with Crippen molar-refractivity contribution in [3.05, 3.63) is 95.2 Å². The van der Waals surface area contributed by atoms with E-state index in [1.165, 1.54) is 23.6 Å². The number of pyridine rings is 1. The van der Waals surface area contributed by atoms with Gasteiger partial charge in [-0.05, 0) is 68.5 Å². The van der Waals surface area contributed by atoms with Crippen LogP contribution in [0.25, 0.3) is 0 Å². The van der Waals surface area contributed by atoms with Gasteiger partial charge in [-0.25, -0.2) is 4.98 Å². The fourth-order valence-corrected chi connectivity index (χ4v) is 6.65. The van der Waals surface area contributed by atoms with Crippen molar-refractivity contribution in [3.63, 3.8) is 0 Å². The summed E-state index contributed by atoms with van der Waals surface area (Å²) in [7, 11) is 2.12. The number of likely N-dealkylation sites (tertiary alicyclic amines) is 1. The highest BCUT2D eigenvalue weighted by atomic mass is 16.2. The highest BCUT2D eigenvalue weighted by Crippen LogP contribution is 2.43.